The van der Waals surface area contributed by atoms with Gasteiger partial charge in [0.15, 0.2) is 0 Å². The third-order valence-electron chi connectivity index (χ3n) is 2.80. The third kappa shape index (κ3) is 2.40. The largest absolute Gasteiger partial charge is 0.467 e. The van der Waals surface area contributed by atoms with Crippen LogP contribution in [0.1, 0.15) is 23.2 Å². The molecule has 2 aromatic rings. The molecule has 5 heteroatoms. The molecule has 0 aromatic carbocycles. The molecule has 1 amide bonds. The van der Waals surface area contributed by atoms with Gasteiger partial charge in [-0.05, 0) is 25.1 Å². The van der Waals surface area contributed by atoms with Crippen molar-refractivity contribution >= 4 is 11.6 Å². The molecule has 0 unspecified atom stereocenters. The first-order valence-electron chi connectivity index (χ1n) is 5.85. The molecule has 2 heterocycles. The maximum Gasteiger partial charge on any atom is 0.270 e. The van der Waals surface area contributed by atoms with E-state index in [9.17, 15) is 4.79 Å². The van der Waals surface area contributed by atoms with Crippen LogP contribution in [0.2, 0.25) is 0 Å². The monoisotopic (exact) mass is 247 g/mol. The molecular weight excluding hydrogens is 230 g/mol. The molecule has 0 aliphatic carbocycles. The first-order valence-corrected chi connectivity index (χ1v) is 5.85. The molecule has 2 aromatic heterocycles. The van der Waals surface area contributed by atoms with Crippen LogP contribution in [0.4, 0.5) is 5.69 Å². The molecule has 18 heavy (non-hydrogen) atoms. The lowest BCUT2D eigenvalue weighted by atomic mass is 10.3. The quantitative estimate of drug-likeness (QED) is 0.898. The Labute approximate surface area is 106 Å². The van der Waals surface area contributed by atoms with E-state index in [2.05, 4.69) is 0 Å². The molecule has 0 spiro atoms. The van der Waals surface area contributed by atoms with Crippen molar-refractivity contribution in [1.82, 2.24) is 9.47 Å². The van der Waals surface area contributed by atoms with Crippen LogP contribution in [0.25, 0.3) is 0 Å². The summed E-state index contributed by atoms with van der Waals surface area (Å²) in [5.74, 6) is 0.693. The number of aryl methyl sites for hydroxylation is 1. The lowest BCUT2D eigenvalue weighted by molar-refractivity contribution is 0.0765. The molecular formula is C13H17N3O2. The lowest BCUT2D eigenvalue weighted by Gasteiger charge is -2.16. The van der Waals surface area contributed by atoms with Crippen molar-refractivity contribution in [3.63, 3.8) is 0 Å². The van der Waals surface area contributed by atoms with Crippen LogP contribution in [-0.2, 0) is 13.1 Å². The standard InChI is InChI=1S/C13H17N3O2/c1-3-16-8-10(14)7-12(16)13(17)15(2)9-11-5-4-6-18-11/h4-8H,3,9,14H2,1-2H3. The first-order chi connectivity index (χ1) is 8.61. The average molecular weight is 247 g/mol. The van der Waals surface area contributed by atoms with Crippen LogP contribution in [0, 0.1) is 0 Å². The van der Waals surface area contributed by atoms with E-state index in [0.717, 1.165) is 5.76 Å². The number of hydrogen-bond acceptors (Lipinski definition) is 3. The summed E-state index contributed by atoms with van der Waals surface area (Å²) in [6.07, 6.45) is 3.37. The minimum absolute atomic E-state index is 0.0649. The Morgan fingerprint density at radius 3 is 2.94 bits per heavy atom. The second-order valence-corrected chi connectivity index (χ2v) is 4.19. The van der Waals surface area contributed by atoms with E-state index >= 15 is 0 Å². The van der Waals surface area contributed by atoms with Gasteiger partial charge in [-0.15, -0.1) is 0 Å². The number of nitrogens with two attached hydrogens (primary N) is 1. The van der Waals surface area contributed by atoms with E-state index < -0.39 is 0 Å². The van der Waals surface area contributed by atoms with Gasteiger partial charge in [0, 0.05) is 19.8 Å². The van der Waals surface area contributed by atoms with E-state index in [1.807, 2.05) is 17.6 Å². The van der Waals surface area contributed by atoms with E-state index in [1.165, 1.54) is 0 Å². The Hall–Kier alpha value is -2.17. The molecule has 0 bridgehead atoms. The number of nitrogen functional groups attached to an aromatic ring is 1. The van der Waals surface area contributed by atoms with E-state index in [1.54, 1.807) is 36.5 Å². The first kappa shape index (κ1) is 12.3. The summed E-state index contributed by atoms with van der Waals surface area (Å²) in [4.78, 5) is 13.9. The number of rotatable bonds is 4. The summed E-state index contributed by atoms with van der Waals surface area (Å²) in [6.45, 7) is 3.14. The van der Waals surface area contributed by atoms with Crippen molar-refractivity contribution in [2.45, 2.75) is 20.0 Å². The molecule has 2 N–H and O–H groups in total. The summed E-state index contributed by atoms with van der Waals surface area (Å²) >= 11 is 0. The molecule has 0 atom stereocenters. The number of anilines is 1. The van der Waals surface area contributed by atoms with Crippen molar-refractivity contribution < 1.29 is 9.21 Å². The number of nitrogens with zero attached hydrogens (tertiary/aromatic N) is 2. The van der Waals surface area contributed by atoms with Crippen molar-refractivity contribution in [3.05, 3.63) is 42.1 Å². The number of furan rings is 1. The molecule has 0 saturated heterocycles. The zero-order chi connectivity index (χ0) is 13.1. The fourth-order valence-electron chi connectivity index (χ4n) is 1.88. The minimum Gasteiger partial charge on any atom is -0.467 e. The van der Waals surface area contributed by atoms with E-state index in [0.29, 0.717) is 24.5 Å². The fraction of sp³-hybridized carbons (Fsp3) is 0.308. The number of carbonyl (C=O) groups is 1. The topological polar surface area (TPSA) is 64.4 Å². The highest BCUT2D eigenvalue weighted by molar-refractivity contribution is 5.93. The Kier molecular flexibility index (Phi) is 3.41. The summed E-state index contributed by atoms with van der Waals surface area (Å²) in [5, 5.41) is 0. The number of aromatic nitrogens is 1. The molecule has 96 valence electrons. The average Bonchev–Trinajstić information content (AvgIpc) is 2.97. The summed E-state index contributed by atoms with van der Waals surface area (Å²) in [5.41, 5.74) is 6.92. The van der Waals surface area contributed by atoms with Gasteiger partial charge in [-0.3, -0.25) is 4.79 Å². The Morgan fingerprint density at radius 2 is 2.33 bits per heavy atom. The Balaban J connectivity index is 2.15. The van der Waals surface area contributed by atoms with Crippen LogP contribution >= 0.6 is 0 Å². The lowest BCUT2D eigenvalue weighted by Crippen LogP contribution is -2.27. The van der Waals surface area contributed by atoms with Gasteiger partial charge in [-0.25, -0.2) is 0 Å². The highest BCUT2D eigenvalue weighted by Gasteiger charge is 2.17. The predicted molar refractivity (Wildman–Crippen MR) is 69.0 cm³/mol. The van der Waals surface area contributed by atoms with Crippen LogP contribution < -0.4 is 5.73 Å². The Morgan fingerprint density at radius 1 is 1.56 bits per heavy atom. The van der Waals surface area contributed by atoms with Crippen molar-refractivity contribution in [2.24, 2.45) is 0 Å². The van der Waals surface area contributed by atoms with Gasteiger partial charge < -0.3 is 19.6 Å². The SMILES string of the molecule is CCn1cc(N)cc1C(=O)N(C)Cc1ccco1. The van der Waals surface area contributed by atoms with Crippen LogP contribution in [-0.4, -0.2) is 22.4 Å². The van der Waals surface area contributed by atoms with Gasteiger partial charge in [0.25, 0.3) is 5.91 Å². The Bertz CT molecular complexity index is 528. The summed E-state index contributed by atoms with van der Waals surface area (Å²) in [6, 6.07) is 5.35. The van der Waals surface area contributed by atoms with E-state index in [-0.39, 0.29) is 5.91 Å². The number of hydrogen-bond donors (Lipinski definition) is 1. The summed E-state index contributed by atoms with van der Waals surface area (Å²) in [7, 11) is 1.74. The van der Waals surface area contributed by atoms with Crippen LogP contribution in [0.5, 0.6) is 0 Å². The van der Waals surface area contributed by atoms with Gasteiger partial charge >= 0.3 is 0 Å². The zero-order valence-electron chi connectivity index (χ0n) is 10.6. The molecule has 0 aliphatic heterocycles. The number of amides is 1. The normalized spacial score (nSPS) is 10.6. The highest BCUT2D eigenvalue weighted by Crippen LogP contribution is 2.14. The van der Waals surface area contributed by atoms with Crippen LogP contribution in [0.3, 0.4) is 0 Å². The van der Waals surface area contributed by atoms with Gasteiger partial charge in [0.2, 0.25) is 0 Å². The number of carbonyl (C=O) groups excluding carboxylic acids is 1. The van der Waals surface area contributed by atoms with Gasteiger partial charge in [0.05, 0.1) is 18.5 Å². The molecule has 0 aliphatic rings. The maximum absolute atomic E-state index is 12.3. The molecule has 2 rings (SSSR count). The van der Waals surface area contributed by atoms with Gasteiger partial charge in [-0.2, -0.15) is 0 Å². The predicted octanol–water partition coefficient (Wildman–Crippen LogP) is 1.96. The molecule has 0 saturated carbocycles. The summed E-state index contributed by atoms with van der Waals surface area (Å²) < 4.78 is 7.07. The second kappa shape index (κ2) is 5.00. The van der Waals surface area contributed by atoms with Crippen molar-refractivity contribution in [3.8, 4) is 0 Å². The second-order valence-electron chi connectivity index (χ2n) is 4.19. The minimum atomic E-state index is -0.0649. The molecule has 5 nitrogen and oxygen atoms in total. The maximum atomic E-state index is 12.3. The van der Waals surface area contributed by atoms with Crippen LogP contribution in [0.15, 0.2) is 35.1 Å². The molecule has 0 fully saturated rings. The van der Waals surface area contributed by atoms with Crippen molar-refractivity contribution in [2.75, 3.05) is 12.8 Å². The van der Waals surface area contributed by atoms with E-state index in [4.69, 9.17) is 10.2 Å². The van der Waals surface area contributed by atoms with Gasteiger partial charge in [-0.1, -0.05) is 0 Å². The zero-order valence-corrected chi connectivity index (χ0v) is 10.6. The molecule has 0 radical (unpaired) electrons. The van der Waals surface area contributed by atoms with Crippen molar-refractivity contribution in [1.29, 1.82) is 0 Å². The highest BCUT2D eigenvalue weighted by atomic mass is 16.3. The van der Waals surface area contributed by atoms with Gasteiger partial charge in [0.1, 0.15) is 11.5 Å². The smallest absolute Gasteiger partial charge is 0.270 e. The fourth-order valence-corrected chi connectivity index (χ4v) is 1.88. The third-order valence-corrected chi connectivity index (χ3v) is 2.80.